The van der Waals surface area contributed by atoms with Crippen LogP contribution in [0.2, 0.25) is 5.02 Å². The maximum absolute atomic E-state index is 12.5. The molecule has 0 aliphatic carbocycles. The molecule has 0 spiro atoms. The van der Waals surface area contributed by atoms with Crippen molar-refractivity contribution in [2.24, 2.45) is 0 Å². The van der Waals surface area contributed by atoms with Crippen LogP contribution in [0.15, 0.2) is 42.6 Å². The number of rotatable bonds is 6. The van der Waals surface area contributed by atoms with Crippen molar-refractivity contribution in [3.8, 4) is 5.88 Å². The molecular weight excluding hydrogens is 360 g/mol. The number of carboxylic acids is 1. The highest BCUT2D eigenvalue weighted by molar-refractivity contribution is 6.30. The Hall–Kier alpha value is -2.64. The van der Waals surface area contributed by atoms with E-state index in [2.05, 4.69) is 10.3 Å². The van der Waals surface area contributed by atoms with Crippen LogP contribution < -0.4 is 10.1 Å². The molecule has 2 heterocycles. The van der Waals surface area contributed by atoms with Gasteiger partial charge >= 0.3 is 5.97 Å². The van der Waals surface area contributed by atoms with Crippen molar-refractivity contribution in [2.75, 3.05) is 13.2 Å². The molecular formula is C18H17ClN2O5. The largest absolute Gasteiger partial charge is 0.479 e. The third-order valence-electron chi connectivity index (χ3n) is 3.90. The minimum Gasteiger partial charge on any atom is -0.479 e. The molecule has 26 heavy (non-hydrogen) atoms. The number of aliphatic carboxylic acids is 1. The van der Waals surface area contributed by atoms with Gasteiger partial charge in [-0.15, -0.1) is 0 Å². The van der Waals surface area contributed by atoms with Crippen LogP contribution in [-0.2, 0) is 9.53 Å². The molecule has 1 aromatic carbocycles. The summed E-state index contributed by atoms with van der Waals surface area (Å²) in [6.45, 7) is 1.11. The molecule has 2 atom stereocenters. The number of hydrogen-bond donors (Lipinski definition) is 2. The van der Waals surface area contributed by atoms with Gasteiger partial charge in [0.05, 0.1) is 13.2 Å². The number of carbonyl (C=O) groups is 2. The predicted octanol–water partition coefficient (Wildman–Crippen LogP) is 2.46. The van der Waals surface area contributed by atoms with E-state index < -0.39 is 17.9 Å². The van der Waals surface area contributed by atoms with E-state index in [9.17, 15) is 14.7 Å². The number of amides is 1. The van der Waals surface area contributed by atoms with Gasteiger partial charge in [-0.2, -0.15) is 0 Å². The van der Waals surface area contributed by atoms with Crippen LogP contribution in [0.1, 0.15) is 28.4 Å². The number of carboxylic acid groups (broad SMARTS) is 1. The van der Waals surface area contributed by atoms with Gasteiger partial charge in [-0.25, -0.2) is 9.78 Å². The second-order valence-corrected chi connectivity index (χ2v) is 6.22. The molecule has 1 saturated heterocycles. The highest BCUT2D eigenvalue weighted by Gasteiger charge is 2.23. The van der Waals surface area contributed by atoms with Crippen LogP contribution in [0.3, 0.4) is 0 Å². The van der Waals surface area contributed by atoms with Crippen LogP contribution in [0, 0.1) is 0 Å². The van der Waals surface area contributed by atoms with E-state index in [0.717, 1.165) is 6.42 Å². The predicted molar refractivity (Wildman–Crippen MR) is 93.4 cm³/mol. The number of carbonyl (C=O) groups excluding carboxylic acids is 1. The quantitative estimate of drug-likeness (QED) is 0.803. The molecule has 2 N–H and O–H groups in total. The second kappa shape index (κ2) is 8.16. The van der Waals surface area contributed by atoms with Gasteiger partial charge in [0.15, 0.2) is 6.04 Å². The summed E-state index contributed by atoms with van der Waals surface area (Å²) in [6, 6.07) is 8.04. The Morgan fingerprint density at radius 3 is 2.73 bits per heavy atom. The zero-order chi connectivity index (χ0) is 18.5. The van der Waals surface area contributed by atoms with Crippen LogP contribution in [-0.4, -0.2) is 41.3 Å². The lowest BCUT2D eigenvalue weighted by Gasteiger charge is -2.16. The summed E-state index contributed by atoms with van der Waals surface area (Å²) >= 11 is 5.82. The molecule has 1 aliphatic heterocycles. The summed E-state index contributed by atoms with van der Waals surface area (Å²) < 4.78 is 10.9. The van der Waals surface area contributed by atoms with E-state index in [-0.39, 0.29) is 11.7 Å². The molecule has 2 aromatic rings. The van der Waals surface area contributed by atoms with Gasteiger partial charge in [0.2, 0.25) is 5.88 Å². The molecule has 3 rings (SSSR count). The average Bonchev–Trinajstić information content (AvgIpc) is 3.13. The van der Waals surface area contributed by atoms with Gasteiger partial charge in [0.25, 0.3) is 5.91 Å². The van der Waals surface area contributed by atoms with E-state index in [1.54, 1.807) is 24.3 Å². The highest BCUT2D eigenvalue weighted by atomic mass is 35.5. The number of benzene rings is 1. The average molecular weight is 377 g/mol. The Labute approximate surface area is 154 Å². The lowest BCUT2D eigenvalue weighted by atomic mass is 10.1. The van der Waals surface area contributed by atoms with Crippen molar-refractivity contribution in [1.29, 1.82) is 0 Å². The molecule has 0 bridgehead atoms. The zero-order valence-corrected chi connectivity index (χ0v) is 14.5. The van der Waals surface area contributed by atoms with Gasteiger partial charge in [-0.3, -0.25) is 4.79 Å². The van der Waals surface area contributed by atoms with Gasteiger partial charge in [0, 0.05) is 29.3 Å². The minimum absolute atomic E-state index is 0.0957. The van der Waals surface area contributed by atoms with Gasteiger partial charge in [0.1, 0.15) is 6.10 Å². The lowest BCUT2D eigenvalue weighted by molar-refractivity contribution is -0.139. The number of aromatic nitrogens is 1. The minimum atomic E-state index is -1.19. The molecule has 1 aromatic heterocycles. The third-order valence-corrected chi connectivity index (χ3v) is 4.15. The summed E-state index contributed by atoms with van der Waals surface area (Å²) in [7, 11) is 0. The second-order valence-electron chi connectivity index (χ2n) is 5.78. The van der Waals surface area contributed by atoms with Crippen LogP contribution in [0.5, 0.6) is 5.88 Å². The molecule has 0 radical (unpaired) electrons. The number of halogens is 1. The third kappa shape index (κ3) is 4.50. The molecule has 1 amide bonds. The number of nitrogens with zero attached hydrogens (tertiary/aromatic N) is 1. The van der Waals surface area contributed by atoms with Crippen LogP contribution in [0.4, 0.5) is 0 Å². The van der Waals surface area contributed by atoms with E-state index in [0.29, 0.717) is 29.7 Å². The van der Waals surface area contributed by atoms with E-state index in [1.165, 1.54) is 18.3 Å². The number of ether oxygens (including phenoxy) is 2. The van der Waals surface area contributed by atoms with Crippen molar-refractivity contribution in [3.63, 3.8) is 0 Å². The smallest absolute Gasteiger partial charge is 0.330 e. The Morgan fingerprint density at radius 2 is 2.08 bits per heavy atom. The van der Waals surface area contributed by atoms with Gasteiger partial charge in [-0.05, 0) is 23.8 Å². The van der Waals surface area contributed by atoms with E-state index in [4.69, 9.17) is 21.1 Å². The topological polar surface area (TPSA) is 97.8 Å². The fraction of sp³-hybridized carbons (Fsp3) is 0.278. The number of nitrogens with one attached hydrogen (secondary N) is 1. The first kappa shape index (κ1) is 18.2. The Morgan fingerprint density at radius 1 is 1.31 bits per heavy atom. The maximum atomic E-state index is 12.5. The number of hydrogen-bond acceptors (Lipinski definition) is 5. The van der Waals surface area contributed by atoms with Gasteiger partial charge < -0.3 is 19.9 Å². The normalized spacial score (nSPS) is 17.5. The number of pyridine rings is 1. The van der Waals surface area contributed by atoms with Crippen LogP contribution in [0.25, 0.3) is 0 Å². The first-order valence-electron chi connectivity index (χ1n) is 8.02. The molecule has 136 valence electrons. The summed E-state index contributed by atoms with van der Waals surface area (Å²) in [4.78, 5) is 28.1. The standard InChI is InChI=1S/C18H17ClN2O5/c19-13-3-1-11(2-4-13)16(18(23)24)21-17(22)12-5-7-20-15(9-12)26-14-6-8-25-10-14/h1-5,7,9,14,16H,6,8,10H2,(H,21,22)(H,23,24). The molecule has 1 fully saturated rings. The van der Waals surface area contributed by atoms with E-state index >= 15 is 0 Å². The van der Waals surface area contributed by atoms with Crippen molar-refractivity contribution < 1.29 is 24.2 Å². The van der Waals surface area contributed by atoms with Crippen molar-refractivity contribution >= 4 is 23.5 Å². The Bertz CT molecular complexity index is 790. The summed E-state index contributed by atoms with van der Waals surface area (Å²) in [5.41, 5.74) is 0.679. The SMILES string of the molecule is O=C(NC(C(=O)O)c1ccc(Cl)cc1)c1ccnc(OC2CCOC2)c1. The zero-order valence-electron chi connectivity index (χ0n) is 13.7. The molecule has 8 heteroatoms. The Kier molecular flexibility index (Phi) is 5.70. The highest BCUT2D eigenvalue weighted by Crippen LogP contribution is 2.19. The van der Waals surface area contributed by atoms with E-state index in [1.807, 2.05) is 0 Å². The van der Waals surface area contributed by atoms with Crippen LogP contribution >= 0.6 is 11.6 Å². The van der Waals surface area contributed by atoms with Gasteiger partial charge in [-0.1, -0.05) is 23.7 Å². The maximum Gasteiger partial charge on any atom is 0.330 e. The monoisotopic (exact) mass is 376 g/mol. The van der Waals surface area contributed by atoms with Crippen molar-refractivity contribution in [3.05, 3.63) is 58.7 Å². The fourth-order valence-corrected chi connectivity index (χ4v) is 2.68. The lowest BCUT2D eigenvalue weighted by Crippen LogP contribution is -2.33. The molecule has 2 unspecified atom stereocenters. The van der Waals surface area contributed by atoms with Crippen molar-refractivity contribution in [1.82, 2.24) is 10.3 Å². The molecule has 7 nitrogen and oxygen atoms in total. The molecule has 0 saturated carbocycles. The summed E-state index contributed by atoms with van der Waals surface area (Å²) in [5.74, 6) is -1.41. The Balaban J connectivity index is 1.73. The first-order valence-corrected chi connectivity index (χ1v) is 8.40. The summed E-state index contributed by atoms with van der Waals surface area (Å²) in [5, 5.41) is 12.4. The summed E-state index contributed by atoms with van der Waals surface area (Å²) in [6.07, 6.45) is 2.11. The van der Waals surface area contributed by atoms with Crippen molar-refractivity contribution in [2.45, 2.75) is 18.6 Å². The molecule has 1 aliphatic rings. The fourth-order valence-electron chi connectivity index (χ4n) is 2.55. The first-order chi connectivity index (χ1) is 12.5.